The molecule has 1 aromatic heterocycles. The summed E-state index contributed by atoms with van der Waals surface area (Å²) >= 11 is 0. The van der Waals surface area contributed by atoms with E-state index in [2.05, 4.69) is 5.92 Å². The molecule has 1 amide bonds. The lowest BCUT2D eigenvalue weighted by Crippen LogP contribution is -2.27. The first-order chi connectivity index (χ1) is 6.16. The Labute approximate surface area is 76.3 Å². The van der Waals surface area contributed by atoms with Crippen molar-refractivity contribution in [1.82, 2.24) is 4.90 Å². The predicted octanol–water partition coefficient (Wildman–Crippen LogP) is 0.567. The van der Waals surface area contributed by atoms with Crippen LogP contribution < -0.4 is 5.73 Å². The van der Waals surface area contributed by atoms with Gasteiger partial charge in [-0.05, 0) is 0 Å². The molecule has 0 aliphatic rings. The number of furan rings is 1. The molecule has 0 aliphatic heterocycles. The number of amides is 1. The summed E-state index contributed by atoms with van der Waals surface area (Å²) in [4.78, 5) is 12.8. The summed E-state index contributed by atoms with van der Waals surface area (Å²) in [7, 11) is 1.59. The third-order valence-corrected chi connectivity index (χ3v) is 1.57. The van der Waals surface area contributed by atoms with Crippen LogP contribution in [0.15, 0.2) is 16.7 Å². The van der Waals surface area contributed by atoms with Gasteiger partial charge in [0.25, 0.3) is 5.91 Å². The van der Waals surface area contributed by atoms with Crippen molar-refractivity contribution in [2.45, 2.75) is 0 Å². The first-order valence-electron chi connectivity index (χ1n) is 3.68. The maximum atomic E-state index is 11.5. The molecule has 0 aliphatic carbocycles. The highest BCUT2D eigenvalue weighted by Gasteiger charge is 2.16. The molecule has 13 heavy (non-hydrogen) atoms. The van der Waals surface area contributed by atoms with Gasteiger partial charge in [0.05, 0.1) is 18.5 Å². The van der Waals surface area contributed by atoms with Gasteiger partial charge in [0.2, 0.25) is 5.76 Å². The minimum absolute atomic E-state index is 0.137. The van der Waals surface area contributed by atoms with Crippen LogP contribution >= 0.6 is 0 Å². The number of terminal acetylenes is 1. The molecule has 0 fully saturated rings. The van der Waals surface area contributed by atoms with Crippen molar-refractivity contribution in [2.24, 2.45) is 0 Å². The minimum atomic E-state index is -0.305. The summed E-state index contributed by atoms with van der Waals surface area (Å²) in [6, 6.07) is 1.52. The third kappa shape index (κ3) is 1.82. The maximum Gasteiger partial charge on any atom is 0.292 e. The van der Waals surface area contributed by atoms with E-state index in [0.717, 1.165) is 0 Å². The predicted molar refractivity (Wildman–Crippen MR) is 48.9 cm³/mol. The van der Waals surface area contributed by atoms with Gasteiger partial charge in [0, 0.05) is 13.1 Å². The summed E-state index contributed by atoms with van der Waals surface area (Å²) < 4.78 is 4.91. The maximum absolute atomic E-state index is 11.5. The Morgan fingerprint density at radius 1 is 1.85 bits per heavy atom. The first-order valence-corrected chi connectivity index (χ1v) is 3.68. The van der Waals surface area contributed by atoms with Gasteiger partial charge in [-0.15, -0.1) is 6.42 Å². The van der Waals surface area contributed by atoms with Crippen molar-refractivity contribution < 1.29 is 9.21 Å². The quantitative estimate of drug-likeness (QED) is 0.673. The zero-order valence-electron chi connectivity index (χ0n) is 7.28. The number of carbonyl (C=O) groups is 1. The minimum Gasteiger partial charge on any atom is -0.457 e. The van der Waals surface area contributed by atoms with Gasteiger partial charge >= 0.3 is 0 Å². The lowest BCUT2D eigenvalue weighted by molar-refractivity contribution is 0.0783. The molecule has 1 rings (SSSR count). The Bertz CT molecular complexity index is 349. The first kappa shape index (κ1) is 9.20. The van der Waals surface area contributed by atoms with E-state index in [4.69, 9.17) is 16.6 Å². The Kier molecular flexibility index (Phi) is 2.60. The molecule has 0 saturated carbocycles. The van der Waals surface area contributed by atoms with Crippen molar-refractivity contribution in [3.05, 3.63) is 18.1 Å². The second-order valence-electron chi connectivity index (χ2n) is 2.57. The molecular weight excluding hydrogens is 168 g/mol. The summed E-state index contributed by atoms with van der Waals surface area (Å²) in [5, 5.41) is 0. The molecule has 0 saturated heterocycles. The summed E-state index contributed by atoms with van der Waals surface area (Å²) in [5.74, 6) is 2.18. The SMILES string of the molecule is C#CCN(C)C(=O)c1occc1N. The zero-order valence-corrected chi connectivity index (χ0v) is 7.28. The van der Waals surface area contributed by atoms with Crippen molar-refractivity contribution >= 4 is 11.6 Å². The van der Waals surface area contributed by atoms with E-state index in [1.807, 2.05) is 0 Å². The van der Waals surface area contributed by atoms with Crippen molar-refractivity contribution in [3.63, 3.8) is 0 Å². The number of nitrogen functional groups attached to an aromatic ring is 1. The monoisotopic (exact) mass is 178 g/mol. The highest BCUT2D eigenvalue weighted by molar-refractivity contribution is 5.96. The molecule has 2 N–H and O–H groups in total. The highest BCUT2D eigenvalue weighted by Crippen LogP contribution is 2.13. The standard InChI is InChI=1S/C9H10N2O2/c1-3-5-11(2)9(12)8-7(10)4-6-13-8/h1,4,6H,5,10H2,2H3. The number of nitrogens with zero attached hydrogens (tertiary/aromatic N) is 1. The fourth-order valence-electron chi connectivity index (χ4n) is 0.875. The average molecular weight is 178 g/mol. The van der Waals surface area contributed by atoms with E-state index < -0.39 is 0 Å². The van der Waals surface area contributed by atoms with Gasteiger partial charge in [-0.2, -0.15) is 0 Å². The second-order valence-corrected chi connectivity index (χ2v) is 2.57. The van der Waals surface area contributed by atoms with Crippen molar-refractivity contribution in [2.75, 3.05) is 19.3 Å². The van der Waals surface area contributed by atoms with Crippen LogP contribution in [0.2, 0.25) is 0 Å². The Balaban J connectivity index is 2.81. The number of hydrogen-bond acceptors (Lipinski definition) is 3. The normalized spacial score (nSPS) is 9.23. The van der Waals surface area contributed by atoms with Crippen LogP contribution in [0.4, 0.5) is 5.69 Å². The molecule has 0 aromatic carbocycles. The summed E-state index contributed by atoms with van der Waals surface area (Å²) in [5.41, 5.74) is 5.81. The number of anilines is 1. The molecule has 4 nitrogen and oxygen atoms in total. The third-order valence-electron chi connectivity index (χ3n) is 1.57. The fourth-order valence-corrected chi connectivity index (χ4v) is 0.875. The molecule has 0 atom stereocenters. The molecule has 0 bridgehead atoms. The molecule has 4 heteroatoms. The van der Waals surface area contributed by atoms with Crippen LogP contribution in [0.3, 0.4) is 0 Å². The van der Waals surface area contributed by atoms with E-state index in [1.165, 1.54) is 17.2 Å². The smallest absolute Gasteiger partial charge is 0.292 e. The van der Waals surface area contributed by atoms with Crippen LogP contribution in [0.25, 0.3) is 0 Å². The van der Waals surface area contributed by atoms with E-state index in [9.17, 15) is 4.79 Å². The molecule has 1 aromatic rings. The second kappa shape index (κ2) is 3.68. The lowest BCUT2D eigenvalue weighted by atomic mass is 10.3. The lowest BCUT2D eigenvalue weighted by Gasteiger charge is -2.11. The summed E-state index contributed by atoms with van der Waals surface area (Å²) in [6.07, 6.45) is 6.42. The molecule has 0 unspecified atom stereocenters. The zero-order chi connectivity index (χ0) is 9.84. The van der Waals surface area contributed by atoms with Crippen molar-refractivity contribution in [1.29, 1.82) is 0 Å². The van der Waals surface area contributed by atoms with Crippen LogP contribution in [0, 0.1) is 12.3 Å². The van der Waals surface area contributed by atoms with Gasteiger partial charge in [-0.3, -0.25) is 4.79 Å². The Hall–Kier alpha value is -1.89. The van der Waals surface area contributed by atoms with E-state index in [-0.39, 0.29) is 18.2 Å². The van der Waals surface area contributed by atoms with Gasteiger partial charge in [0.15, 0.2) is 0 Å². The fraction of sp³-hybridized carbons (Fsp3) is 0.222. The van der Waals surface area contributed by atoms with Crippen molar-refractivity contribution in [3.8, 4) is 12.3 Å². The Morgan fingerprint density at radius 3 is 3.00 bits per heavy atom. The average Bonchev–Trinajstić information content (AvgIpc) is 2.50. The van der Waals surface area contributed by atoms with Crippen LogP contribution in [0.1, 0.15) is 10.6 Å². The number of rotatable bonds is 2. The topological polar surface area (TPSA) is 59.5 Å². The summed E-state index contributed by atoms with van der Waals surface area (Å²) in [6.45, 7) is 0.235. The number of hydrogen-bond donors (Lipinski definition) is 1. The molecule has 1 heterocycles. The van der Waals surface area contributed by atoms with E-state index >= 15 is 0 Å². The van der Waals surface area contributed by atoms with Gasteiger partial charge in [-0.25, -0.2) is 0 Å². The van der Waals surface area contributed by atoms with Crippen LogP contribution in [-0.2, 0) is 0 Å². The number of nitrogens with two attached hydrogens (primary N) is 1. The largest absolute Gasteiger partial charge is 0.457 e. The molecular formula is C9H10N2O2. The number of carbonyl (C=O) groups excluding carboxylic acids is 1. The van der Waals surface area contributed by atoms with Crippen LogP contribution in [-0.4, -0.2) is 24.4 Å². The van der Waals surface area contributed by atoms with E-state index in [1.54, 1.807) is 7.05 Å². The van der Waals surface area contributed by atoms with Gasteiger partial charge < -0.3 is 15.1 Å². The van der Waals surface area contributed by atoms with Gasteiger partial charge in [0.1, 0.15) is 0 Å². The molecule has 0 spiro atoms. The van der Waals surface area contributed by atoms with Gasteiger partial charge in [-0.1, -0.05) is 5.92 Å². The van der Waals surface area contributed by atoms with E-state index in [0.29, 0.717) is 5.69 Å². The molecule has 0 radical (unpaired) electrons. The highest BCUT2D eigenvalue weighted by atomic mass is 16.3. The molecule has 68 valence electrons. The Morgan fingerprint density at radius 2 is 2.54 bits per heavy atom. The van der Waals surface area contributed by atoms with Crippen LogP contribution in [0.5, 0.6) is 0 Å².